The summed E-state index contributed by atoms with van der Waals surface area (Å²) in [6, 6.07) is 0. The van der Waals surface area contributed by atoms with Crippen molar-refractivity contribution in [3.05, 3.63) is 0 Å². The molecule has 62 valence electrons. The highest BCUT2D eigenvalue weighted by Crippen LogP contribution is 2.20. The third-order valence-corrected chi connectivity index (χ3v) is 2.10. The fourth-order valence-electron chi connectivity index (χ4n) is 1.01. The predicted molar refractivity (Wildman–Crippen MR) is 46.9 cm³/mol. The lowest BCUT2D eigenvalue weighted by atomic mass is 9.84. The largest absolute Gasteiger partial charge is 0.325 e. The van der Waals surface area contributed by atoms with Crippen LogP contribution in [0.3, 0.4) is 0 Å². The number of hydrogen-bond donors (Lipinski definition) is 1. The lowest BCUT2D eigenvalue weighted by Gasteiger charge is -2.28. The van der Waals surface area contributed by atoms with E-state index in [4.69, 9.17) is 5.73 Å². The van der Waals surface area contributed by atoms with Crippen LogP contribution in [0.2, 0.25) is 0 Å². The summed E-state index contributed by atoms with van der Waals surface area (Å²) in [7, 11) is 0. The summed E-state index contributed by atoms with van der Waals surface area (Å²) in [5.74, 6) is 1.38. The van der Waals surface area contributed by atoms with Crippen molar-refractivity contribution in [1.82, 2.24) is 0 Å². The second-order valence-corrected chi connectivity index (χ2v) is 4.35. The monoisotopic (exact) mass is 143 g/mol. The zero-order chi connectivity index (χ0) is 8.36. The van der Waals surface area contributed by atoms with Crippen LogP contribution < -0.4 is 5.73 Å². The van der Waals surface area contributed by atoms with Gasteiger partial charge < -0.3 is 5.73 Å². The quantitative estimate of drug-likeness (QED) is 0.645. The van der Waals surface area contributed by atoms with Gasteiger partial charge in [0.05, 0.1) is 0 Å². The lowest BCUT2D eigenvalue weighted by molar-refractivity contribution is 0.294. The van der Waals surface area contributed by atoms with Crippen molar-refractivity contribution in [1.29, 1.82) is 0 Å². The van der Waals surface area contributed by atoms with Crippen molar-refractivity contribution >= 4 is 0 Å². The fourth-order valence-corrected chi connectivity index (χ4v) is 1.01. The Balaban J connectivity index is 3.73. The summed E-state index contributed by atoms with van der Waals surface area (Å²) in [5, 5.41) is 0. The molecule has 0 saturated carbocycles. The SMILES string of the molecule is CC(C)CC(C)C(C)(C)N. The van der Waals surface area contributed by atoms with Gasteiger partial charge in [-0.1, -0.05) is 20.8 Å². The number of nitrogens with two attached hydrogens (primary N) is 1. The average molecular weight is 143 g/mol. The molecule has 0 aliphatic heterocycles. The highest BCUT2D eigenvalue weighted by molar-refractivity contribution is 4.79. The first kappa shape index (κ1) is 9.96. The summed E-state index contributed by atoms with van der Waals surface area (Å²) in [6.07, 6.45) is 1.23. The number of rotatable bonds is 3. The second-order valence-electron chi connectivity index (χ2n) is 4.35. The maximum Gasteiger partial charge on any atom is 0.0123 e. The topological polar surface area (TPSA) is 26.0 Å². The van der Waals surface area contributed by atoms with Crippen molar-refractivity contribution in [3.63, 3.8) is 0 Å². The van der Waals surface area contributed by atoms with Crippen LogP contribution in [0, 0.1) is 11.8 Å². The van der Waals surface area contributed by atoms with Crippen molar-refractivity contribution in [2.24, 2.45) is 17.6 Å². The van der Waals surface area contributed by atoms with E-state index >= 15 is 0 Å². The summed E-state index contributed by atoms with van der Waals surface area (Å²) in [6.45, 7) is 10.9. The summed E-state index contributed by atoms with van der Waals surface area (Å²) < 4.78 is 0. The molecule has 10 heavy (non-hydrogen) atoms. The van der Waals surface area contributed by atoms with Crippen LogP contribution in [0.4, 0.5) is 0 Å². The predicted octanol–water partition coefficient (Wildman–Crippen LogP) is 2.41. The Morgan fingerprint density at radius 1 is 1.20 bits per heavy atom. The van der Waals surface area contributed by atoms with E-state index in [1.807, 2.05) is 0 Å². The molecular formula is C9H21N. The lowest BCUT2D eigenvalue weighted by Crippen LogP contribution is -2.39. The Labute approximate surface area is 65.0 Å². The molecule has 0 aromatic carbocycles. The van der Waals surface area contributed by atoms with Crippen LogP contribution in [0.25, 0.3) is 0 Å². The van der Waals surface area contributed by atoms with Crippen LogP contribution >= 0.6 is 0 Å². The minimum Gasteiger partial charge on any atom is -0.325 e. The van der Waals surface area contributed by atoms with Crippen LogP contribution in [0.5, 0.6) is 0 Å². The standard InChI is InChI=1S/C9H21N/c1-7(2)6-8(3)9(4,5)10/h7-8H,6,10H2,1-5H3. The van der Waals surface area contributed by atoms with E-state index in [0.717, 1.165) is 5.92 Å². The van der Waals surface area contributed by atoms with Gasteiger partial charge in [0.1, 0.15) is 0 Å². The van der Waals surface area contributed by atoms with E-state index in [0.29, 0.717) is 5.92 Å². The molecule has 0 heterocycles. The molecule has 0 fully saturated rings. The highest BCUT2D eigenvalue weighted by atomic mass is 14.7. The molecule has 0 spiro atoms. The highest BCUT2D eigenvalue weighted by Gasteiger charge is 2.20. The van der Waals surface area contributed by atoms with E-state index in [2.05, 4.69) is 34.6 Å². The third kappa shape index (κ3) is 3.89. The van der Waals surface area contributed by atoms with Crippen LogP contribution in [-0.2, 0) is 0 Å². The Hall–Kier alpha value is -0.0400. The first-order valence-electron chi connectivity index (χ1n) is 4.13. The summed E-state index contributed by atoms with van der Waals surface area (Å²) in [4.78, 5) is 0. The van der Waals surface area contributed by atoms with E-state index in [9.17, 15) is 0 Å². The van der Waals surface area contributed by atoms with E-state index in [1.54, 1.807) is 0 Å². The van der Waals surface area contributed by atoms with Gasteiger partial charge in [-0.25, -0.2) is 0 Å². The zero-order valence-electron chi connectivity index (χ0n) is 7.94. The Kier molecular flexibility index (Phi) is 3.37. The van der Waals surface area contributed by atoms with Crippen LogP contribution in [0.1, 0.15) is 41.0 Å². The molecule has 0 rings (SSSR count). The Morgan fingerprint density at radius 2 is 1.60 bits per heavy atom. The van der Waals surface area contributed by atoms with Gasteiger partial charge in [-0.2, -0.15) is 0 Å². The zero-order valence-corrected chi connectivity index (χ0v) is 7.94. The van der Waals surface area contributed by atoms with Gasteiger partial charge in [0, 0.05) is 5.54 Å². The minimum atomic E-state index is -0.00965. The van der Waals surface area contributed by atoms with Gasteiger partial charge in [-0.15, -0.1) is 0 Å². The molecule has 0 aromatic heterocycles. The maximum absolute atomic E-state index is 5.93. The molecule has 0 aromatic rings. The molecule has 0 aliphatic carbocycles. The summed E-state index contributed by atoms with van der Waals surface area (Å²) in [5.41, 5.74) is 5.92. The maximum atomic E-state index is 5.93. The summed E-state index contributed by atoms with van der Waals surface area (Å²) >= 11 is 0. The minimum absolute atomic E-state index is 0.00965. The third-order valence-electron chi connectivity index (χ3n) is 2.10. The van der Waals surface area contributed by atoms with Crippen molar-refractivity contribution in [3.8, 4) is 0 Å². The van der Waals surface area contributed by atoms with Gasteiger partial charge in [0.15, 0.2) is 0 Å². The van der Waals surface area contributed by atoms with E-state index < -0.39 is 0 Å². The van der Waals surface area contributed by atoms with Crippen LogP contribution in [0.15, 0.2) is 0 Å². The van der Waals surface area contributed by atoms with Gasteiger partial charge in [-0.3, -0.25) is 0 Å². The second kappa shape index (κ2) is 3.38. The Morgan fingerprint density at radius 3 is 1.70 bits per heavy atom. The molecule has 1 heteroatoms. The van der Waals surface area contributed by atoms with Gasteiger partial charge >= 0.3 is 0 Å². The molecule has 0 bridgehead atoms. The molecule has 0 saturated heterocycles. The van der Waals surface area contributed by atoms with E-state index in [1.165, 1.54) is 6.42 Å². The van der Waals surface area contributed by atoms with Crippen molar-refractivity contribution < 1.29 is 0 Å². The Bertz CT molecular complexity index is 89.4. The van der Waals surface area contributed by atoms with Gasteiger partial charge in [0.2, 0.25) is 0 Å². The average Bonchev–Trinajstić information content (AvgIpc) is 1.60. The van der Waals surface area contributed by atoms with Gasteiger partial charge in [0.25, 0.3) is 0 Å². The van der Waals surface area contributed by atoms with Crippen molar-refractivity contribution in [2.75, 3.05) is 0 Å². The molecule has 0 radical (unpaired) electrons. The van der Waals surface area contributed by atoms with Gasteiger partial charge in [-0.05, 0) is 32.1 Å². The smallest absolute Gasteiger partial charge is 0.0123 e. The number of hydrogen-bond acceptors (Lipinski definition) is 1. The van der Waals surface area contributed by atoms with Crippen LogP contribution in [-0.4, -0.2) is 5.54 Å². The fraction of sp³-hybridized carbons (Fsp3) is 1.00. The first-order valence-corrected chi connectivity index (χ1v) is 4.13. The molecule has 0 amide bonds. The van der Waals surface area contributed by atoms with E-state index in [-0.39, 0.29) is 5.54 Å². The van der Waals surface area contributed by atoms with Crippen molar-refractivity contribution in [2.45, 2.75) is 46.6 Å². The molecule has 1 atom stereocenters. The molecular weight excluding hydrogens is 122 g/mol. The molecule has 2 N–H and O–H groups in total. The molecule has 0 aliphatic rings. The molecule has 1 nitrogen and oxygen atoms in total. The first-order chi connectivity index (χ1) is 4.34. The molecule has 1 unspecified atom stereocenters. The normalized spacial score (nSPS) is 15.9.